The molecule has 0 fully saturated rings. The molecule has 0 saturated carbocycles. The van der Waals surface area contributed by atoms with Crippen LogP contribution in [0.2, 0.25) is 0 Å². The second-order valence-corrected chi connectivity index (χ2v) is 4.93. The van der Waals surface area contributed by atoms with E-state index in [1.807, 2.05) is 31.8 Å². The Balaban J connectivity index is 2.38. The van der Waals surface area contributed by atoms with Crippen LogP contribution in [-0.2, 0) is 5.75 Å². The van der Waals surface area contributed by atoms with Gasteiger partial charge < -0.3 is 5.32 Å². The van der Waals surface area contributed by atoms with E-state index in [1.54, 1.807) is 0 Å². The summed E-state index contributed by atoms with van der Waals surface area (Å²) in [6.45, 7) is 4.24. The normalized spacial score (nSPS) is 10.4. The first-order valence-corrected chi connectivity index (χ1v) is 7.01. The number of thioether (sulfide) groups is 1. The number of aryl methyl sites for hydroxylation is 1. The van der Waals surface area contributed by atoms with Gasteiger partial charge in [0, 0.05) is 18.8 Å². The molecule has 1 aromatic heterocycles. The fourth-order valence-electron chi connectivity index (χ4n) is 1.44. The molecule has 0 saturated heterocycles. The summed E-state index contributed by atoms with van der Waals surface area (Å²) < 4.78 is 0. The summed E-state index contributed by atoms with van der Waals surface area (Å²) in [5, 5.41) is 3.06. The molecule has 0 aliphatic heterocycles. The van der Waals surface area contributed by atoms with Gasteiger partial charge in [0.2, 0.25) is 0 Å². The summed E-state index contributed by atoms with van der Waals surface area (Å²) in [7, 11) is 1.89. The topological polar surface area (TPSA) is 37.8 Å². The third-order valence-corrected chi connectivity index (χ3v) is 3.32. The minimum absolute atomic E-state index is 0.914. The predicted octanol–water partition coefficient (Wildman–Crippen LogP) is 3.25. The fraction of sp³-hybridized carbons (Fsp3) is 0.667. The van der Waals surface area contributed by atoms with Crippen molar-refractivity contribution in [1.29, 1.82) is 0 Å². The fourth-order valence-corrected chi connectivity index (χ4v) is 2.30. The van der Waals surface area contributed by atoms with E-state index in [-0.39, 0.29) is 0 Å². The first kappa shape index (κ1) is 13.3. The molecule has 0 atom stereocenters. The largest absolute Gasteiger partial charge is 0.373 e. The average molecular weight is 239 g/mol. The summed E-state index contributed by atoms with van der Waals surface area (Å²) in [4.78, 5) is 8.85. The van der Waals surface area contributed by atoms with Gasteiger partial charge >= 0.3 is 0 Å². The van der Waals surface area contributed by atoms with Crippen molar-refractivity contribution in [3.63, 3.8) is 0 Å². The zero-order valence-corrected chi connectivity index (χ0v) is 11.2. The van der Waals surface area contributed by atoms with Crippen LogP contribution in [0.25, 0.3) is 0 Å². The highest BCUT2D eigenvalue weighted by Crippen LogP contribution is 2.13. The lowest BCUT2D eigenvalue weighted by atomic mass is 10.3. The highest BCUT2D eigenvalue weighted by atomic mass is 32.2. The van der Waals surface area contributed by atoms with Gasteiger partial charge in [-0.3, -0.25) is 0 Å². The van der Waals surface area contributed by atoms with Crippen molar-refractivity contribution in [2.24, 2.45) is 0 Å². The maximum Gasteiger partial charge on any atom is 0.140 e. The van der Waals surface area contributed by atoms with Crippen molar-refractivity contribution < 1.29 is 0 Å². The van der Waals surface area contributed by atoms with Gasteiger partial charge in [0.05, 0.1) is 5.75 Å². The predicted molar refractivity (Wildman–Crippen MR) is 72.0 cm³/mol. The van der Waals surface area contributed by atoms with E-state index in [4.69, 9.17) is 0 Å². The van der Waals surface area contributed by atoms with E-state index in [0.29, 0.717) is 0 Å². The molecule has 4 heteroatoms. The average Bonchev–Trinajstić information content (AvgIpc) is 2.28. The summed E-state index contributed by atoms with van der Waals surface area (Å²) >= 11 is 1.92. The zero-order valence-electron chi connectivity index (χ0n) is 10.4. The molecule has 0 aliphatic carbocycles. The van der Waals surface area contributed by atoms with Crippen LogP contribution in [-0.4, -0.2) is 22.8 Å². The number of hydrogen-bond acceptors (Lipinski definition) is 4. The van der Waals surface area contributed by atoms with Crippen molar-refractivity contribution in [2.75, 3.05) is 18.1 Å². The minimum atomic E-state index is 0.914. The van der Waals surface area contributed by atoms with E-state index in [0.717, 1.165) is 23.1 Å². The molecule has 0 bridgehead atoms. The molecule has 1 N–H and O–H groups in total. The van der Waals surface area contributed by atoms with Crippen LogP contribution >= 0.6 is 11.8 Å². The summed E-state index contributed by atoms with van der Waals surface area (Å²) in [5.74, 6) is 3.97. The van der Waals surface area contributed by atoms with E-state index in [1.165, 1.54) is 25.0 Å². The molecule has 1 heterocycles. The van der Waals surface area contributed by atoms with Gasteiger partial charge in [-0.15, -0.1) is 0 Å². The number of rotatable bonds is 7. The zero-order chi connectivity index (χ0) is 11.8. The molecule has 0 aliphatic rings. The Kier molecular flexibility index (Phi) is 6.23. The van der Waals surface area contributed by atoms with Crippen molar-refractivity contribution in [3.05, 3.63) is 17.6 Å². The lowest BCUT2D eigenvalue weighted by Gasteiger charge is -2.05. The lowest BCUT2D eigenvalue weighted by Crippen LogP contribution is -2.00. The Hall–Kier alpha value is -0.770. The Bertz CT molecular complexity index is 315. The van der Waals surface area contributed by atoms with Crippen molar-refractivity contribution in [2.45, 2.75) is 38.9 Å². The van der Waals surface area contributed by atoms with Gasteiger partial charge in [0.1, 0.15) is 11.6 Å². The summed E-state index contributed by atoms with van der Waals surface area (Å²) in [6.07, 6.45) is 3.90. The van der Waals surface area contributed by atoms with Gasteiger partial charge in [0.25, 0.3) is 0 Å². The Morgan fingerprint density at radius 3 is 2.81 bits per heavy atom. The molecule has 16 heavy (non-hydrogen) atoms. The first-order valence-electron chi connectivity index (χ1n) is 5.86. The highest BCUT2D eigenvalue weighted by molar-refractivity contribution is 7.98. The molecule has 0 radical (unpaired) electrons. The molecule has 1 aromatic rings. The molecule has 3 nitrogen and oxygen atoms in total. The third kappa shape index (κ3) is 4.84. The molecule has 1 rings (SSSR count). The molecule has 0 aromatic carbocycles. The van der Waals surface area contributed by atoms with Crippen molar-refractivity contribution in [3.8, 4) is 0 Å². The number of anilines is 1. The number of nitrogens with zero attached hydrogens (tertiary/aromatic N) is 2. The third-order valence-electron chi connectivity index (χ3n) is 2.28. The molecular weight excluding hydrogens is 218 g/mol. The van der Waals surface area contributed by atoms with E-state index < -0.39 is 0 Å². The van der Waals surface area contributed by atoms with E-state index in [2.05, 4.69) is 22.2 Å². The van der Waals surface area contributed by atoms with E-state index in [9.17, 15) is 0 Å². The Morgan fingerprint density at radius 2 is 2.12 bits per heavy atom. The number of hydrogen-bond donors (Lipinski definition) is 1. The van der Waals surface area contributed by atoms with Crippen LogP contribution in [0.5, 0.6) is 0 Å². The SMILES string of the molecule is CCCCCSCc1nc(C)cc(NC)n1. The molecule has 0 unspecified atom stereocenters. The number of nitrogens with one attached hydrogen (secondary N) is 1. The number of aromatic nitrogens is 2. The molecule has 90 valence electrons. The second kappa shape index (κ2) is 7.49. The Labute approximate surface area is 102 Å². The minimum Gasteiger partial charge on any atom is -0.373 e. The van der Waals surface area contributed by atoms with Crippen LogP contribution < -0.4 is 5.32 Å². The first-order chi connectivity index (χ1) is 7.76. The van der Waals surface area contributed by atoms with Crippen molar-refractivity contribution in [1.82, 2.24) is 9.97 Å². The highest BCUT2D eigenvalue weighted by Gasteiger charge is 2.01. The summed E-state index contributed by atoms with van der Waals surface area (Å²) in [5.41, 5.74) is 1.03. The van der Waals surface area contributed by atoms with Gasteiger partial charge in [-0.05, 0) is 19.1 Å². The van der Waals surface area contributed by atoms with Gasteiger partial charge in [-0.1, -0.05) is 19.8 Å². The van der Waals surface area contributed by atoms with Gasteiger partial charge in [0.15, 0.2) is 0 Å². The van der Waals surface area contributed by atoms with Crippen LogP contribution in [0.1, 0.15) is 37.7 Å². The van der Waals surface area contributed by atoms with Crippen LogP contribution in [0.15, 0.2) is 6.07 Å². The second-order valence-electron chi connectivity index (χ2n) is 3.82. The standard InChI is InChI=1S/C12H21N3S/c1-4-5-6-7-16-9-12-14-10(2)8-11(13-3)15-12/h8H,4-7,9H2,1-3H3,(H,13,14,15). The van der Waals surface area contributed by atoms with Crippen LogP contribution in [0, 0.1) is 6.92 Å². The van der Waals surface area contributed by atoms with Crippen LogP contribution in [0.3, 0.4) is 0 Å². The van der Waals surface area contributed by atoms with E-state index >= 15 is 0 Å². The van der Waals surface area contributed by atoms with Crippen molar-refractivity contribution >= 4 is 17.6 Å². The Morgan fingerprint density at radius 1 is 1.31 bits per heavy atom. The monoisotopic (exact) mass is 239 g/mol. The number of unbranched alkanes of at least 4 members (excludes halogenated alkanes) is 2. The van der Waals surface area contributed by atoms with Crippen LogP contribution in [0.4, 0.5) is 5.82 Å². The van der Waals surface area contributed by atoms with Gasteiger partial charge in [-0.25, -0.2) is 9.97 Å². The molecule has 0 amide bonds. The summed E-state index contributed by atoms with van der Waals surface area (Å²) in [6, 6.07) is 1.96. The molecule has 0 spiro atoms. The quantitative estimate of drug-likeness (QED) is 0.741. The maximum atomic E-state index is 4.43. The lowest BCUT2D eigenvalue weighted by molar-refractivity contribution is 0.778. The molecular formula is C12H21N3S. The smallest absolute Gasteiger partial charge is 0.140 e. The maximum absolute atomic E-state index is 4.43. The van der Waals surface area contributed by atoms with Gasteiger partial charge in [-0.2, -0.15) is 11.8 Å².